The van der Waals surface area contributed by atoms with Crippen molar-refractivity contribution in [2.24, 2.45) is 0 Å². The van der Waals surface area contributed by atoms with Gasteiger partial charge in [0.25, 0.3) is 0 Å². The quantitative estimate of drug-likeness (QED) is 0.382. The van der Waals surface area contributed by atoms with Crippen LogP contribution >= 0.6 is 0 Å². The van der Waals surface area contributed by atoms with E-state index in [0.717, 1.165) is 40.8 Å². The highest BCUT2D eigenvalue weighted by Crippen LogP contribution is 2.26. The predicted molar refractivity (Wildman–Crippen MR) is 116 cm³/mol. The van der Waals surface area contributed by atoms with Gasteiger partial charge in [0.15, 0.2) is 0 Å². The second-order valence-electron chi connectivity index (χ2n) is 7.26. The number of aliphatic hydroxyl groups excluding tert-OH is 1. The molecule has 2 aliphatic heterocycles. The van der Waals surface area contributed by atoms with E-state index in [-0.39, 0.29) is 11.5 Å². The number of fused-ring (bicyclic) bond motifs is 8. The first-order valence-corrected chi connectivity index (χ1v) is 9.60. The lowest BCUT2D eigenvalue weighted by Gasteiger charge is -1.92. The standard InChI is InChI=1S/C23H20N4O2/c1-2-3-13-6-16-7-14-4-5-15(24-14)8-17-10-22(28)20(26-17)12-21-23(29)11-18(27-21)9-19(13)25-16/h4-12,25-26,28-29H,2-3H2,1H3. The second-order valence-corrected chi connectivity index (χ2v) is 7.26. The Morgan fingerprint density at radius 1 is 0.793 bits per heavy atom. The van der Waals surface area contributed by atoms with Crippen LogP contribution < -0.4 is 0 Å². The monoisotopic (exact) mass is 384 g/mol. The Labute approximate surface area is 166 Å². The molecule has 0 spiro atoms. The number of rotatable bonds is 2. The lowest BCUT2D eigenvalue weighted by Crippen LogP contribution is -1.80. The molecule has 0 saturated carbocycles. The fourth-order valence-corrected chi connectivity index (χ4v) is 3.67. The van der Waals surface area contributed by atoms with E-state index in [4.69, 9.17) is 0 Å². The van der Waals surface area contributed by atoms with E-state index < -0.39 is 0 Å². The van der Waals surface area contributed by atoms with Crippen LogP contribution in [0.5, 0.6) is 5.75 Å². The summed E-state index contributed by atoms with van der Waals surface area (Å²) in [7, 11) is 0. The summed E-state index contributed by atoms with van der Waals surface area (Å²) in [5, 5.41) is 20.6. The maximum Gasteiger partial charge on any atom is 0.143 e. The van der Waals surface area contributed by atoms with Crippen molar-refractivity contribution in [3.05, 3.63) is 64.7 Å². The van der Waals surface area contributed by atoms with Gasteiger partial charge in [-0.1, -0.05) is 13.3 Å². The van der Waals surface area contributed by atoms with E-state index in [1.165, 1.54) is 5.56 Å². The number of aryl methyl sites for hydroxylation is 1. The third-order valence-electron chi connectivity index (χ3n) is 4.98. The normalized spacial score (nSPS) is 12.9. The largest absolute Gasteiger partial charge is 0.506 e. The van der Waals surface area contributed by atoms with Gasteiger partial charge in [0.1, 0.15) is 17.2 Å². The fraction of sp³-hybridized carbons (Fsp3) is 0.130. The zero-order valence-electron chi connectivity index (χ0n) is 15.9. The number of H-pyrrole nitrogens is 2. The molecule has 8 bridgehead atoms. The van der Waals surface area contributed by atoms with Gasteiger partial charge in [0.2, 0.25) is 0 Å². The van der Waals surface area contributed by atoms with Gasteiger partial charge >= 0.3 is 0 Å². The van der Waals surface area contributed by atoms with Crippen molar-refractivity contribution < 1.29 is 10.2 Å². The van der Waals surface area contributed by atoms with Crippen molar-refractivity contribution in [1.29, 1.82) is 0 Å². The van der Waals surface area contributed by atoms with E-state index in [1.54, 1.807) is 18.2 Å². The number of nitrogens with one attached hydrogen (secondary N) is 2. The number of aliphatic hydroxyl groups is 1. The van der Waals surface area contributed by atoms with Gasteiger partial charge in [-0.15, -0.1) is 0 Å². The molecule has 5 heterocycles. The molecule has 0 amide bonds. The minimum Gasteiger partial charge on any atom is -0.506 e. The summed E-state index contributed by atoms with van der Waals surface area (Å²) < 4.78 is 0. The number of aromatic hydroxyl groups is 1. The van der Waals surface area contributed by atoms with Crippen molar-refractivity contribution in [2.45, 2.75) is 19.8 Å². The lowest BCUT2D eigenvalue weighted by molar-refractivity contribution is 0.482. The van der Waals surface area contributed by atoms with Crippen LogP contribution in [-0.4, -0.2) is 30.1 Å². The minimum atomic E-state index is 0.0670. The summed E-state index contributed by atoms with van der Waals surface area (Å²) >= 11 is 0. The third-order valence-corrected chi connectivity index (χ3v) is 4.98. The number of aromatic amines is 2. The molecule has 0 aliphatic carbocycles. The maximum absolute atomic E-state index is 10.3. The van der Waals surface area contributed by atoms with Crippen molar-refractivity contribution in [3.8, 4) is 5.75 Å². The van der Waals surface area contributed by atoms with Crippen LogP contribution in [0.25, 0.3) is 46.1 Å². The van der Waals surface area contributed by atoms with Crippen LogP contribution in [-0.2, 0) is 6.42 Å². The molecule has 2 aliphatic rings. The molecule has 29 heavy (non-hydrogen) atoms. The van der Waals surface area contributed by atoms with Crippen LogP contribution in [0, 0.1) is 0 Å². The summed E-state index contributed by atoms with van der Waals surface area (Å²) in [5.74, 6) is 0.156. The van der Waals surface area contributed by atoms with Gasteiger partial charge in [-0.2, -0.15) is 0 Å². The van der Waals surface area contributed by atoms with Crippen LogP contribution in [0.3, 0.4) is 0 Å². The molecule has 3 aromatic heterocycles. The topological polar surface area (TPSA) is 97.8 Å². The van der Waals surface area contributed by atoms with Crippen LogP contribution in [0.4, 0.5) is 0 Å². The second kappa shape index (κ2) is 6.67. The fourth-order valence-electron chi connectivity index (χ4n) is 3.67. The molecule has 4 N–H and O–H groups in total. The maximum atomic E-state index is 10.3. The Hall–Kier alpha value is -3.80. The van der Waals surface area contributed by atoms with Crippen molar-refractivity contribution in [1.82, 2.24) is 19.9 Å². The van der Waals surface area contributed by atoms with Gasteiger partial charge in [0, 0.05) is 28.7 Å². The van der Waals surface area contributed by atoms with E-state index in [9.17, 15) is 10.2 Å². The molecular weight excluding hydrogens is 364 g/mol. The molecule has 0 radical (unpaired) electrons. The molecule has 0 fully saturated rings. The average molecular weight is 384 g/mol. The van der Waals surface area contributed by atoms with Crippen molar-refractivity contribution >= 4 is 46.1 Å². The van der Waals surface area contributed by atoms with Crippen LogP contribution in [0.2, 0.25) is 0 Å². The first-order valence-electron chi connectivity index (χ1n) is 9.60. The molecule has 144 valence electrons. The molecule has 6 nitrogen and oxygen atoms in total. The predicted octanol–water partition coefficient (Wildman–Crippen LogP) is 5.20. The number of aromatic nitrogens is 4. The number of hydrogen-bond donors (Lipinski definition) is 4. The van der Waals surface area contributed by atoms with E-state index in [0.29, 0.717) is 16.9 Å². The number of nitrogens with zero attached hydrogens (tertiary/aromatic N) is 2. The van der Waals surface area contributed by atoms with Gasteiger partial charge < -0.3 is 20.2 Å². The zero-order valence-corrected chi connectivity index (χ0v) is 15.9. The Bertz CT molecular complexity index is 1340. The van der Waals surface area contributed by atoms with Gasteiger partial charge in [-0.3, -0.25) is 0 Å². The van der Waals surface area contributed by atoms with E-state index in [2.05, 4.69) is 32.9 Å². The van der Waals surface area contributed by atoms with Crippen LogP contribution in [0.1, 0.15) is 41.7 Å². The average Bonchev–Trinajstić information content (AvgIpc) is 3.41. The highest BCUT2D eigenvalue weighted by molar-refractivity contribution is 5.82. The summed E-state index contributed by atoms with van der Waals surface area (Å²) in [4.78, 5) is 15.7. The summed E-state index contributed by atoms with van der Waals surface area (Å²) in [5.41, 5.74) is 7.03. The Balaban J connectivity index is 1.87. The third kappa shape index (κ3) is 3.29. The zero-order chi connectivity index (χ0) is 20.0. The summed E-state index contributed by atoms with van der Waals surface area (Å²) in [6.45, 7) is 2.15. The summed E-state index contributed by atoms with van der Waals surface area (Å²) in [6.07, 6.45) is 7.49. The van der Waals surface area contributed by atoms with E-state index in [1.807, 2.05) is 30.4 Å². The molecule has 0 atom stereocenters. The van der Waals surface area contributed by atoms with Crippen LogP contribution in [0.15, 0.2) is 36.4 Å². The lowest BCUT2D eigenvalue weighted by atomic mass is 10.1. The molecular formula is C23H20N4O2. The highest BCUT2D eigenvalue weighted by Gasteiger charge is 2.11. The smallest absolute Gasteiger partial charge is 0.143 e. The summed E-state index contributed by atoms with van der Waals surface area (Å²) in [6, 6.07) is 11.2. The Morgan fingerprint density at radius 2 is 1.52 bits per heavy atom. The Morgan fingerprint density at radius 3 is 2.28 bits per heavy atom. The molecule has 0 aromatic carbocycles. The molecule has 0 saturated heterocycles. The molecule has 5 rings (SSSR count). The molecule has 3 aromatic rings. The van der Waals surface area contributed by atoms with Crippen molar-refractivity contribution in [2.75, 3.05) is 0 Å². The first kappa shape index (κ1) is 17.3. The van der Waals surface area contributed by atoms with E-state index >= 15 is 0 Å². The highest BCUT2D eigenvalue weighted by atomic mass is 16.3. The minimum absolute atomic E-state index is 0.0670. The molecule has 6 heteroatoms. The van der Waals surface area contributed by atoms with Crippen molar-refractivity contribution in [3.63, 3.8) is 0 Å². The van der Waals surface area contributed by atoms with Gasteiger partial charge in [-0.05, 0) is 54.5 Å². The number of hydrogen-bond acceptors (Lipinski definition) is 4. The SMILES string of the molecule is CCCc1cc2cc3nc(cc4cc(O)c(cc5nc(cc1[nH]2)C=C5O)[nH]4)C=C3. The van der Waals surface area contributed by atoms with Gasteiger partial charge in [-0.25, -0.2) is 9.97 Å². The van der Waals surface area contributed by atoms with Gasteiger partial charge in [0.05, 0.1) is 22.6 Å². The first-order chi connectivity index (χ1) is 14.1. The molecule has 0 unspecified atom stereocenters. The Kier molecular flexibility index (Phi) is 3.98.